The lowest BCUT2D eigenvalue weighted by Crippen LogP contribution is -2.10. The van der Waals surface area contributed by atoms with Crippen molar-refractivity contribution >= 4 is 65.6 Å². The average molecular weight is 830 g/mol. The van der Waals surface area contributed by atoms with Crippen molar-refractivity contribution in [2.24, 2.45) is 0 Å². The molecule has 0 aliphatic carbocycles. The summed E-state index contributed by atoms with van der Waals surface area (Å²) in [5.41, 5.74) is -2.28. The number of rotatable bonds is 6. The van der Waals surface area contributed by atoms with Gasteiger partial charge < -0.3 is 4.42 Å². The number of fused-ring (bicyclic) bond motifs is 9. The van der Waals surface area contributed by atoms with E-state index >= 15 is 0 Å². The normalized spacial score (nSPS) is 17.1. The van der Waals surface area contributed by atoms with Crippen LogP contribution in [0.2, 0.25) is 0 Å². The maximum absolute atomic E-state index is 10.1. The summed E-state index contributed by atoms with van der Waals surface area (Å²) in [6.45, 7) is 0. The van der Waals surface area contributed by atoms with Crippen LogP contribution in [0.3, 0.4) is 0 Å². The van der Waals surface area contributed by atoms with E-state index in [0.717, 1.165) is 19.9 Å². The molecule has 0 atom stereocenters. The predicted molar refractivity (Wildman–Crippen MR) is 258 cm³/mol. The molecule has 13 rings (SSSR count). The quantitative estimate of drug-likeness (QED) is 0.167. The van der Waals surface area contributed by atoms with Crippen LogP contribution >= 0.6 is 0 Å². The van der Waals surface area contributed by atoms with E-state index in [1.807, 2.05) is 42.5 Å². The van der Waals surface area contributed by atoms with Crippen LogP contribution in [-0.2, 0) is 0 Å². The van der Waals surface area contributed by atoms with Crippen molar-refractivity contribution in [1.82, 2.24) is 24.1 Å². The fraction of sp³-hybridized carbons (Fsp3) is 0. The third-order valence-corrected chi connectivity index (χ3v) is 10.7. The summed E-state index contributed by atoms with van der Waals surface area (Å²) < 4.78 is 225. The Morgan fingerprint density at radius 2 is 0.841 bits per heavy atom. The van der Waals surface area contributed by atoms with Crippen molar-refractivity contribution in [3.8, 4) is 56.7 Å². The fourth-order valence-electron chi connectivity index (χ4n) is 7.82. The third-order valence-electron chi connectivity index (χ3n) is 10.7. The Morgan fingerprint density at radius 3 is 1.46 bits per heavy atom. The highest BCUT2D eigenvalue weighted by Crippen LogP contribution is 2.39. The molecule has 6 nitrogen and oxygen atoms in total. The second kappa shape index (κ2) is 14.0. The lowest BCUT2D eigenvalue weighted by atomic mass is 10.0. The van der Waals surface area contributed by atoms with Gasteiger partial charge in [0, 0.05) is 37.9 Å². The van der Waals surface area contributed by atoms with Crippen molar-refractivity contribution in [2.45, 2.75) is 0 Å². The number of furan rings is 1. The molecule has 13 aromatic rings. The summed E-state index contributed by atoms with van der Waals surface area (Å²) in [7, 11) is 0. The smallest absolute Gasteiger partial charge is 0.240 e. The summed E-state index contributed by atoms with van der Waals surface area (Å²) in [6.07, 6.45) is 0. The van der Waals surface area contributed by atoms with Crippen LogP contribution in [0.1, 0.15) is 32.9 Å². The van der Waals surface area contributed by atoms with Crippen LogP contribution in [0.25, 0.3) is 122 Å². The van der Waals surface area contributed by atoms with Crippen molar-refractivity contribution in [3.63, 3.8) is 0 Å². The molecule has 0 aliphatic heterocycles. The van der Waals surface area contributed by atoms with Gasteiger partial charge in [-0.2, -0.15) is 15.0 Å². The van der Waals surface area contributed by atoms with Gasteiger partial charge in [0.25, 0.3) is 0 Å². The molecule has 9 aromatic carbocycles. The molecule has 4 heterocycles. The number of nitrogens with zero attached hydrogens (tertiary/aromatic N) is 5. The summed E-state index contributed by atoms with van der Waals surface area (Å²) in [5.74, 6) is -1.70. The maximum atomic E-state index is 10.1. The molecule has 0 spiro atoms. The second-order valence-corrected chi connectivity index (χ2v) is 14.2. The van der Waals surface area contributed by atoms with Gasteiger partial charge in [-0.1, -0.05) is 169 Å². The molecule has 0 saturated heterocycles. The number of aromatic nitrogens is 5. The highest BCUT2D eigenvalue weighted by atomic mass is 16.3. The van der Waals surface area contributed by atoms with Gasteiger partial charge in [-0.05, 0) is 75.7 Å². The third kappa shape index (κ3) is 5.69. The van der Waals surface area contributed by atoms with Gasteiger partial charge in [0.15, 0.2) is 5.82 Å². The predicted octanol–water partition coefficient (Wildman–Crippen LogP) is 14.6. The largest absolute Gasteiger partial charge is 0.456 e. The van der Waals surface area contributed by atoms with Crippen molar-refractivity contribution < 1.29 is 37.3 Å². The molecule has 0 radical (unpaired) electrons. The average Bonchev–Trinajstić information content (AvgIpc) is 1.62. The van der Waals surface area contributed by atoms with Crippen LogP contribution in [-0.4, -0.2) is 24.1 Å². The standard InChI is InChI=1S/C57H35N5O/c1-3-13-36(14-4-1)40-27-30-45-46-31-28-41(37-15-5-2-6-16-37)34-52(46)62(51(45)33-40)57-59-55(58-56(60-57)61-49-20-10-7-17-43(49)44-18-8-11-21-50(44)61)39-25-23-38(24-26-39)42-29-32-48-47-19-9-12-22-53(47)63-54(48)35-42/h1-35H/i1D,2D,3D,4D,5D,6D,7D,8D,10D,11D,13D,14D,15D,16D,17D,18D,20D,21D,27D,28D,30D,31D,33D,34D. The van der Waals surface area contributed by atoms with Crippen molar-refractivity contribution in [1.29, 1.82) is 0 Å². The van der Waals surface area contributed by atoms with Crippen LogP contribution in [0.15, 0.2) is 216 Å². The molecular weight excluding hydrogens is 771 g/mol. The molecule has 0 unspecified atom stereocenters. The Balaban J connectivity index is 1.22. The number of hydrogen-bond donors (Lipinski definition) is 0. The highest BCUT2D eigenvalue weighted by molar-refractivity contribution is 6.12. The van der Waals surface area contributed by atoms with Gasteiger partial charge >= 0.3 is 0 Å². The van der Waals surface area contributed by atoms with E-state index < -0.39 is 212 Å². The van der Waals surface area contributed by atoms with Crippen LogP contribution in [0.5, 0.6) is 0 Å². The zero-order valence-corrected chi connectivity index (χ0v) is 32.0. The Bertz CT molecular complexity index is 5070. The molecule has 0 bridgehead atoms. The number of para-hydroxylation sites is 3. The van der Waals surface area contributed by atoms with E-state index in [0.29, 0.717) is 22.3 Å². The van der Waals surface area contributed by atoms with E-state index in [2.05, 4.69) is 0 Å². The zero-order valence-electron chi connectivity index (χ0n) is 56.0. The van der Waals surface area contributed by atoms with Gasteiger partial charge in [0.2, 0.25) is 11.9 Å². The summed E-state index contributed by atoms with van der Waals surface area (Å²) >= 11 is 0. The Hall–Kier alpha value is -8.61. The van der Waals surface area contributed by atoms with E-state index in [1.54, 1.807) is 24.3 Å². The van der Waals surface area contributed by atoms with Crippen LogP contribution in [0.4, 0.5) is 0 Å². The lowest BCUT2D eigenvalue weighted by Gasteiger charge is -2.13. The molecule has 0 fully saturated rings. The molecule has 63 heavy (non-hydrogen) atoms. The first-order chi connectivity index (χ1) is 41.2. The van der Waals surface area contributed by atoms with Gasteiger partial charge in [0.05, 0.1) is 55.0 Å². The lowest BCUT2D eigenvalue weighted by molar-refractivity contribution is 0.669. The maximum Gasteiger partial charge on any atom is 0.240 e. The van der Waals surface area contributed by atoms with Gasteiger partial charge in [-0.3, -0.25) is 9.13 Å². The summed E-state index contributed by atoms with van der Waals surface area (Å²) in [5, 5.41) is -0.0773. The Labute approximate surface area is 395 Å². The molecule has 0 saturated carbocycles. The summed E-state index contributed by atoms with van der Waals surface area (Å²) in [6, 6.07) is -0.530. The van der Waals surface area contributed by atoms with Crippen LogP contribution < -0.4 is 0 Å². The van der Waals surface area contributed by atoms with Gasteiger partial charge in [-0.15, -0.1) is 0 Å². The second-order valence-electron chi connectivity index (χ2n) is 14.2. The van der Waals surface area contributed by atoms with Crippen molar-refractivity contribution in [2.75, 3.05) is 0 Å². The zero-order chi connectivity index (χ0) is 62.3. The number of hydrogen-bond acceptors (Lipinski definition) is 4. The summed E-state index contributed by atoms with van der Waals surface area (Å²) in [4.78, 5) is 14.5. The Kier molecular flexibility index (Phi) is 4.21. The Morgan fingerprint density at radius 1 is 0.349 bits per heavy atom. The first-order valence-electron chi connectivity index (χ1n) is 31.2. The first kappa shape index (κ1) is 19.0. The topological polar surface area (TPSA) is 61.7 Å². The molecular formula is C57H35N5O. The molecule has 0 N–H and O–H groups in total. The van der Waals surface area contributed by atoms with E-state index in [4.69, 9.17) is 41.3 Å². The molecule has 6 heteroatoms. The van der Waals surface area contributed by atoms with E-state index in [9.17, 15) is 11.0 Å². The molecule has 294 valence electrons. The van der Waals surface area contributed by atoms with E-state index in [-0.39, 0.29) is 22.2 Å². The molecule has 0 aliphatic rings. The minimum Gasteiger partial charge on any atom is -0.456 e. The molecule has 0 amide bonds. The SMILES string of the molecule is [2H]c1c([2H])c([2H])c(-c2c([2H])c([2H])c3c4c([2H])c([2H])c(-c5c([2H])c([2H])c([2H])c([2H])c5[2H])c([2H])c4n(-c4nc(-c5ccc(-c6ccc7c(c6)oc6ccccc67)cc5)nc(-n5c6c([2H])c([2H])c([2H])c([2H])c6c6c([2H])c([2H])c([2H])c([2H])c65)n4)c3c2[2H])c([2H])c1[2H]. The fourth-order valence-corrected chi connectivity index (χ4v) is 7.82. The number of benzene rings is 9. The minimum atomic E-state index is -0.914. The molecule has 4 aromatic heterocycles. The minimum absolute atomic E-state index is 0.153. The van der Waals surface area contributed by atoms with Crippen LogP contribution in [0, 0.1) is 0 Å². The van der Waals surface area contributed by atoms with Gasteiger partial charge in [0.1, 0.15) is 11.2 Å². The monoisotopic (exact) mass is 829 g/mol. The van der Waals surface area contributed by atoms with Gasteiger partial charge in [-0.25, -0.2) is 0 Å². The van der Waals surface area contributed by atoms with E-state index in [1.165, 1.54) is 0 Å². The first-order valence-corrected chi connectivity index (χ1v) is 19.2. The van der Waals surface area contributed by atoms with Crippen molar-refractivity contribution in [3.05, 3.63) is 212 Å². The highest BCUT2D eigenvalue weighted by Gasteiger charge is 2.22.